The van der Waals surface area contributed by atoms with Gasteiger partial charge in [-0.05, 0) is 74.4 Å². The molecule has 6 heterocycles. The number of hydrogen-bond donors (Lipinski definition) is 1. The molecule has 4 saturated heterocycles. The first-order valence-electron chi connectivity index (χ1n) is 16.2. The number of ether oxygens (including phenoxy) is 2. The smallest absolute Gasteiger partial charge is 0.410 e. The lowest BCUT2D eigenvalue weighted by molar-refractivity contribution is 0.0960. The Hall–Kier alpha value is -4.26. The summed E-state index contributed by atoms with van der Waals surface area (Å²) in [5.74, 6) is 2.57. The molecule has 3 atom stereocenters. The van der Waals surface area contributed by atoms with Gasteiger partial charge in [-0.15, -0.1) is 15.7 Å². The van der Waals surface area contributed by atoms with Gasteiger partial charge in [-0.2, -0.15) is 9.97 Å². The standard InChI is InChI=1S/C35H36FN6O4P/c1-3-24-27(47)9-6-20-14-23(43)15-25(28(20)24)30-29(36)31-26(16-37-30)32(40-17-21-7-8-22(18-40)42(21)34(44)45-2)39-33(38-31)46-19-35-10-4-12-41(35)13-5-11-35/h1,6,9,14-16,21-22,43H,4-5,7-8,10-13,17-19,47H2,2H3. The fraction of sp³-hybridized carbons (Fsp3) is 0.429. The van der Waals surface area contributed by atoms with Crippen LogP contribution in [0.2, 0.25) is 0 Å². The Bertz CT molecular complexity index is 1960. The van der Waals surface area contributed by atoms with Gasteiger partial charge < -0.3 is 19.5 Å². The van der Waals surface area contributed by atoms with Gasteiger partial charge in [-0.1, -0.05) is 18.1 Å². The molecule has 1 N–H and O–H groups in total. The third-order valence-electron chi connectivity index (χ3n) is 10.6. The van der Waals surface area contributed by atoms with E-state index in [2.05, 4.69) is 34.9 Å². The minimum Gasteiger partial charge on any atom is -0.508 e. The molecule has 0 spiro atoms. The monoisotopic (exact) mass is 654 g/mol. The van der Waals surface area contributed by atoms with Crippen LogP contribution in [0.5, 0.6) is 11.8 Å². The molecule has 4 aliphatic heterocycles. The van der Waals surface area contributed by atoms with Crippen molar-refractivity contribution in [3.05, 3.63) is 41.8 Å². The Balaban J connectivity index is 1.26. The first-order chi connectivity index (χ1) is 22.8. The summed E-state index contributed by atoms with van der Waals surface area (Å²) in [7, 11) is 4.03. The molecule has 10 nitrogen and oxygen atoms in total. The number of halogens is 1. The number of aromatic hydroxyl groups is 1. The molecular formula is C35H36FN6O4P. The minimum atomic E-state index is -0.655. The topological polar surface area (TPSA) is 104 Å². The maximum absolute atomic E-state index is 17.0. The van der Waals surface area contributed by atoms with Gasteiger partial charge in [0.05, 0.1) is 30.1 Å². The highest BCUT2D eigenvalue weighted by molar-refractivity contribution is 7.27. The van der Waals surface area contributed by atoms with Gasteiger partial charge >= 0.3 is 12.1 Å². The van der Waals surface area contributed by atoms with E-state index in [9.17, 15) is 9.90 Å². The summed E-state index contributed by atoms with van der Waals surface area (Å²) in [5, 5.41) is 13.2. The summed E-state index contributed by atoms with van der Waals surface area (Å²) >= 11 is 0. The number of methoxy groups -OCH3 is 1. The van der Waals surface area contributed by atoms with Gasteiger partial charge in [0.1, 0.15) is 29.4 Å². The van der Waals surface area contributed by atoms with Crippen molar-refractivity contribution in [1.82, 2.24) is 24.8 Å². The highest BCUT2D eigenvalue weighted by Crippen LogP contribution is 2.42. The van der Waals surface area contributed by atoms with Crippen LogP contribution in [0, 0.1) is 18.2 Å². The van der Waals surface area contributed by atoms with Crippen molar-refractivity contribution < 1.29 is 23.8 Å². The number of piperazine rings is 1. The third kappa shape index (κ3) is 4.84. The number of carbonyl (C=O) groups excluding carboxylic acids is 1. The predicted octanol–water partition coefficient (Wildman–Crippen LogP) is 4.60. The van der Waals surface area contributed by atoms with Crippen molar-refractivity contribution in [2.75, 3.05) is 44.8 Å². The van der Waals surface area contributed by atoms with Gasteiger partial charge in [0.2, 0.25) is 0 Å². The molecule has 4 aromatic rings. The number of nitrogens with zero attached hydrogens (tertiary/aromatic N) is 6. The molecule has 0 radical (unpaired) electrons. The molecule has 2 aromatic carbocycles. The van der Waals surface area contributed by atoms with E-state index in [0.29, 0.717) is 52.8 Å². The molecule has 4 fully saturated rings. The van der Waals surface area contributed by atoms with E-state index in [1.165, 1.54) is 13.2 Å². The Morgan fingerprint density at radius 1 is 1.17 bits per heavy atom. The first kappa shape index (κ1) is 30.1. The van der Waals surface area contributed by atoms with E-state index in [0.717, 1.165) is 56.9 Å². The molecule has 12 heteroatoms. The fourth-order valence-electron chi connectivity index (χ4n) is 8.46. The van der Waals surface area contributed by atoms with Crippen LogP contribution in [-0.4, -0.2) is 93.5 Å². The summed E-state index contributed by atoms with van der Waals surface area (Å²) in [6.07, 6.45) is 13.2. The van der Waals surface area contributed by atoms with Crippen LogP contribution in [0.15, 0.2) is 30.5 Å². The fourth-order valence-corrected chi connectivity index (χ4v) is 8.79. The van der Waals surface area contributed by atoms with E-state index in [1.807, 2.05) is 17.0 Å². The quantitative estimate of drug-likeness (QED) is 0.244. The van der Waals surface area contributed by atoms with Crippen molar-refractivity contribution in [1.29, 1.82) is 0 Å². The molecular weight excluding hydrogens is 618 g/mol. The van der Waals surface area contributed by atoms with Gasteiger partial charge in [-0.3, -0.25) is 14.8 Å². The summed E-state index contributed by atoms with van der Waals surface area (Å²) in [6.45, 7) is 3.56. The number of carbonyl (C=O) groups is 1. The maximum Gasteiger partial charge on any atom is 0.410 e. The van der Waals surface area contributed by atoms with Crippen molar-refractivity contribution in [2.45, 2.75) is 56.1 Å². The van der Waals surface area contributed by atoms with Crippen LogP contribution in [0.4, 0.5) is 15.0 Å². The predicted molar refractivity (Wildman–Crippen MR) is 181 cm³/mol. The van der Waals surface area contributed by atoms with Crippen LogP contribution >= 0.6 is 9.24 Å². The zero-order chi connectivity index (χ0) is 32.4. The maximum atomic E-state index is 17.0. The molecule has 1 amide bonds. The minimum absolute atomic E-state index is 0.0213. The average Bonchev–Trinajstić information content (AvgIpc) is 3.73. The van der Waals surface area contributed by atoms with Crippen molar-refractivity contribution >= 4 is 48.1 Å². The molecule has 47 heavy (non-hydrogen) atoms. The lowest BCUT2D eigenvalue weighted by atomic mass is 9.95. The van der Waals surface area contributed by atoms with Gasteiger partial charge in [-0.25, -0.2) is 9.18 Å². The van der Waals surface area contributed by atoms with Crippen LogP contribution in [0.3, 0.4) is 0 Å². The lowest BCUT2D eigenvalue weighted by Crippen LogP contribution is -2.56. The Morgan fingerprint density at radius 3 is 2.62 bits per heavy atom. The van der Waals surface area contributed by atoms with Gasteiger partial charge in [0, 0.05) is 35.8 Å². The molecule has 242 valence electrons. The zero-order valence-electron chi connectivity index (χ0n) is 26.2. The molecule has 0 saturated carbocycles. The normalized spacial score (nSPS) is 21.7. The molecule has 4 aliphatic rings. The van der Waals surface area contributed by atoms with Gasteiger partial charge in [0.25, 0.3) is 0 Å². The van der Waals surface area contributed by atoms with E-state index in [4.69, 9.17) is 20.9 Å². The average molecular weight is 655 g/mol. The van der Waals surface area contributed by atoms with E-state index in [-0.39, 0.29) is 46.7 Å². The van der Waals surface area contributed by atoms with Crippen LogP contribution in [-0.2, 0) is 4.74 Å². The SMILES string of the molecule is C#Cc1c(P)ccc2cc(O)cc(-c3ncc4c(N5CC6CCC(C5)N6C(=O)OC)nc(OCC56CCCN5CCC6)nc4c3F)c12. The summed E-state index contributed by atoms with van der Waals surface area (Å²) in [6, 6.07) is 6.77. The number of amides is 1. The van der Waals surface area contributed by atoms with Crippen LogP contribution < -0.4 is 14.9 Å². The second-order valence-corrected chi connectivity index (χ2v) is 13.8. The number of anilines is 1. The Morgan fingerprint density at radius 2 is 1.91 bits per heavy atom. The Kier molecular flexibility index (Phi) is 7.34. The van der Waals surface area contributed by atoms with Crippen molar-refractivity contribution in [2.24, 2.45) is 0 Å². The van der Waals surface area contributed by atoms with E-state index >= 15 is 4.39 Å². The highest BCUT2D eigenvalue weighted by atomic mass is 31.0. The third-order valence-corrected chi connectivity index (χ3v) is 11.1. The number of aromatic nitrogens is 3. The Labute approximate surface area is 274 Å². The molecule has 2 aromatic heterocycles. The zero-order valence-corrected chi connectivity index (χ0v) is 27.4. The summed E-state index contributed by atoms with van der Waals surface area (Å²) in [5.41, 5.74) is 0.995. The van der Waals surface area contributed by atoms with Gasteiger partial charge in [0.15, 0.2) is 5.82 Å². The molecule has 2 bridgehead atoms. The van der Waals surface area contributed by atoms with Crippen molar-refractivity contribution in [3.8, 4) is 35.4 Å². The number of phenols is 1. The number of fused-ring (bicyclic) bond motifs is 5. The van der Waals surface area contributed by atoms with E-state index < -0.39 is 5.82 Å². The molecule has 8 rings (SSSR count). The number of phenolic OH excluding ortho intramolecular Hbond substituents is 1. The molecule has 0 aliphatic carbocycles. The number of benzene rings is 2. The second kappa shape index (κ2) is 11.5. The second-order valence-electron chi connectivity index (χ2n) is 13.2. The van der Waals surface area contributed by atoms with Crippen molar-refractivity contribution in [3.63, 3.8) is 0 Å². The number of hydrogen-bond acceptors (Lipinski definition) is 9. The number of terminal acetylenes is 1. The highest BCUT2D eigenvalue weighted by Gasteiger charge is 2.46. The van der Waals surface area contributed by atoms with Crippen LogP contribution in [0.1, 0.15) is 44.1 Å². The largest absolute Gasteiger partial charge is 0.508 e. The van der Waals surface area contributed by atoms with E-state index in [1.54, 1.807) is 12.3 Å². The summed E-state index contributed by atoms with van der Waals surface area (Å²) in [4.78, 5) is 33.2. The first-order valence-corrected chi connectivity index (χ1v) is 16.8. The van der Waals surface area contributed by atoms with Crippen LogP contribution in [0.25, 0.3) is 32.9 Å². The number of pyridine rings is 1. The summed E-state index contributed by atoms with van der Waals surface area (Å²) < 4.78 is 28.4. The molecule has 3 unspecified atom stereocenters. The number of rotatable bonds is 5. The lowest BCUT2D eigenvalue weighted by Gasteiger charge is -2.40.